The highest BCUT2D eigenvalue weighted by Crippen LogP contribution is 2.29. The van der Waals surface area contributed by atoms with Crippen molar-refractivity contribution < 1.29 is 28.9 Å². The van der Waals surface area contributed by atoms with Gasteiger partial charge in [0.2, 0.25) is 0 Å². The molecule has 0 bridgehead atoms. The summed E-state index contributed by atoms with van der Waals surface area (Å²) in [5, 5.41) is 14.5. The molecule has 8 heteroatoms. The largest absolute Gasteiger partial charge is 0.543 e. The van der Waals surface area contributed by atoms with Gasteiger partial charge in [0, 0.05) is 5.02 Å². The molecule has 1 N–H and O–H groups in total. The molecule has 0 aliphatic heterocycles. The molecule has 178 valence electrons. The van der Waals surface area contributed by atoms with Gasteiger partial charge < -0.3 is 29.4 Å². The third kappa shape index (κ3) is 8.02. The number of hydrogen-bond donors (Lipinski definition) is 1. The lowest BCUT2D eigenvalue weighted by Crippen LogP contribution is -2.37. The van der Waals surface area contributed by atoms with Gasteiger partial charge in [-0.25, -0.2) is 0 Å². The molecule has 0 aromatic heterocycles. The van der Waals surface area contributed by atoms with E-state index in [0.29, 0.717) is 41.0 Å². The summed E-state index contributed by atoms with van der Waals surface area (Å²) in [5.41, 5.74) is 1.74. The molecule has 7 nitrogen and oxygen atoms in total. The van der Waals surface area contributed by atoms with Gasteiger partial charge >= 0.3 is 0 Å². The number of aryl methyl sites for hydroxylation is 2. The van der Waals surface area contributed by atoms with Gasteiger partial charge in [0.1, 0.15) is 5.75 Å². The molecule has 1 amide bonds. The van der Waals surface area contributed by atoms with Crippen LogP contribution in [-0.4, -0.2) is 31.7 Å². The van der Waals surface area contributed by atoms with Crippen molar-refractivity contribution in [3.63, 3.8) is 0 Å². The van der Waals surface area contributed by atoms with Gasteiger partial charge in [-0.2, -0.15) is 0 Å². The lowest BCUT2D eigenvalue weighted by atomic mass is 10.1. The maximum Gasteiger partial charge on any atom is 0.262 e. The predicted molar refractivity (Wildman–Crippen MR) is 126 cm³/mol. The van der Waals surface area contributed by atoms with Crippen molar-refractivity contribution in [2.45, 2.75) is 40.5 Å². The Morgan fingerprint density at radius 1 is 1.03 bits per heavy atom. The van der Waals surface area contributed by atoms with Crippen LogP contribution < -0.4 is 24.6 Å². The van der Waals surface area contributed by atoms with Gasteiger partial charge in [-0.15, -0.1) is 0 Å². The number of benzene rings is 2. The number of halogens is 1. The predicted octanol–water partition coefficient (Wildman–Crippen LogP) is 3.82. The molecule has 0 aliphatic rings. The van der Waals surface area contributed by atoms with E-state index in [9.17, 15) is 14.7 Å². The molecular formula is C25H29ClNO6-. The van der Waals surface area contributed by atoms with E-state index in [0.717, 1.165) is 24.0 Å². The van der Waals surface area contributed by atoms with Crippen LogP contribution in [0, 0.1) is 13.8 Å². The Kier molecular flexibility index (Phi) is 10.1. The number of rotatable bonds is 12. The second-order valence-corrected chi connectivity index (χ2v) is 7.77. The highest BCUT2D eigenvalue weighted by molar-refractivity contribution is 6.32. The molecule has 0 heterocycles. The van der Waals surface area contributed by atoms with Crippen LogP contribution in [0.4, 0.5) is 0 Å². The van der Waals surface area contributed by atoms with Crippen LogP contribution >= 0.6 is 11.6 Å². The maximum atomic E-state index is 12.3. The summed E-state index contributed by atoms with van der Waals surface area (Å²) in [6.07, 6.45) is 3.20. The molecule has 0 unspecified atom stereocenters. The van der Waals surface area contributed by atoms with E-state index in [4.69, 9.17) is 25.8 Å². The second kappa shape index (κ2) is 12.7. The zero-order chi connectivity index (χ0) is 24.4. The van der Waals surface area contributed by atoms with Crippen LogP contribution in [0.15, 0.2) is 36.0 Å². The number of carboxylic acid groups (broad SMARTS) is 1. The molecule has 2 aromatic carbocycles. The minimum atomic E-state index is -1.53. The number of unbranched alkanes of at least 4 members (excludes halogenated alkanes) is 1. The van der Waals surface area contributed by atoms with Crippen LogP contribution in [0.1, 0.15) is 43.4 Å². The summed E-state index contributed by atoms with van der Waals surface area (Å²) in [5.74, 6) is -0.641. The van der Waals surface area contributed by atoms with Crippen molar-refractivity contribution in [1.29, 1.82) is 0 Å². The van der Waals surface area contributed by atoms with E-state index in [-0.39, 0.29) is 6.61 Å². The molecule has 0 atom stereocenters. The molecular weight excluding hydrogens is 446 g/mol. The minimum absolute atomic E-state index is 0.375. The molecule has 0 saturated heterocycles. The first-order valence-corrected chi connectivity index (χ1v) is 11.1. The quantitative estimate of drug-likeness (QED) is 0.371. The molecule has 2 rings (SSSR count). The third-order valence-electron chi connectivity index (χ3n) is 4.61. The average molecular weight is 475 g/mol. The molecule has 0 spiro atoms. The van der Waals surface area contributed by atoms with Crippen molar-refractivity contribution in [2.75, 3.05) is 19.8 Å². The number of amides is 1. The molecule has 0 fully saturated rings. The highest BCUT2D eigenvalue weighted by Gasteiger charge is 2.11. The number of hydrogen-bond acceptors (Lipinski definition) is 6. The number of aliphatic carboxylic acids is 1. The lowest BCUT2D eigenvalue weighted by molar-refractivity contribution is -0.299. The summed E-state index contributed by atoms with van der Waals surface area (Å²) >= 11 is 6.13. The number of ether oxygens (including phenoxy) is 3. The molecule has 33 heavy (non-hydrogen) atoms. The van der Waals surface area contributed by atoms with Crippen molar-refractivity contribution in [1.82, 2.24) is 5.32 Å². The van der Waals surface area contributed by atoms with Crippen molar-refractivity contribution in [2.24, 2.45) is 0 Å². The first kappa shape index (κ1) is 26.1. The highest BCUT2D eigenvalue weighted by atomic mass is 35.5. The fraction of sp³-hybridized carbons (Fsp3) is 0.360. The number of carbonyl (C=O) groups is 2. The average Bonchev–Trinajstić information content (AvgIpc) is 2.77. The van der Waals surface area contributed by atoms with Crippen LogP contribution in [0.25, 0.3) is 6.08 Å². The smallest absolute Gasteiger partial charge is 0.262 e. The van der Waals surface area contributed by atoms with Crippen molar-refractivity contribution in [3.8, 4) is 17.2 Å². The minimum Gasteiger partial charge on any atom is -0.543 e. The van der Waals surface area contributed by atoms with Gasteiger partial charge in [-0.05, 0) is 74.2 Å². The van der Waals surface area contributed by atoms with Crippen molar-refractivity contribution in [3.05, 3.63) is 57.7 Å². The number of carboxylic acids is 1. The summed E-state index contributed by atoms with van der Waals surface area (Å²) in [6.45, 7) is 8.17. The van der Waals surface area contributed by atoms with E-state index in [1.165, 1.54) is 6.08 Å². The molecule has 2 aromatic rings. The summed E-state index contributed by atoms with van der Waals surface area (Å²) in [6, 6.07) is 8.44. The van der Waals surface area contributed by atoms with Gasteiger partial charge in [0.25, 0.3) is 5.91 Å². The number of carbonyl (C=O) groups excluding carboxylic acids is 2. The normalized spacial score (nSPS) is 11.1. The Labute approximate surface area is 199 Å². The van der Waals surface area contributed by atoms with E-state index in [2.05, 4.69) is 12.2 Å². The van der Waals surface area contributed by atoms with Crippen LogP contribution in [0.3, 0.4) is 0 Å². The second-order valence-electron chi connectivity index (χ2n) is 7.39. The zero-order valence-corrected chi connectivity index (χ0v) is 20.1. The Hall–Kier alpha value is -3.19. The summed E-state index contributed by atoms with van der Waals surface area (Å²) < 4.78 is 16.8. The van der Waals surface area contributed by atoms with Crippen LogP contribution in [0.2, 0.25) is 5.02 Å². The first-order valence-electron chi connectivity index (χ1n) is 10.8. The van der Waals surface area contributed by atoms with Crippen molar-refractivity contribution >= 4 is 29.6 Å². The topological polar surface area (TPSA) is 96.9 Å². The molecule has 0 radical (unpaired) electrons. The number of nitrogens with one attached hydrogen (secondary N) is 1. The first-order chi connectivity index (χ1) is 15.7. The van der Waals surface area contributed by atoms with E-state index in [1.807, 2.05) is 20.8 Å². The third-order valence-corrected chi connectivity index (χ3v) is 5.20. The van der Waals surface area contributed by atoms with Gasteiger partial charge in [-0.3, -0.25) is 4.79 Å². The molecule has 0 aliphatic carbocycles. The van der Waals surface area contributed by atoms with E-state index < -0.39 is 17.6 Å². The maximum absolute atomic E-state index is 12.3. The van der Waals surface area contributed by atoms with Crippen LogP contribution in [-0.2, 0) is 9.59 Å². The summed E-state index contributed by atoms with van der Waals surface area (Å²) in [4.78, 5) is 23.9. The summed E-state index contributed by atoms with van der Waals surface area (Å²) in [7, 11) is 0. The van der Waals surface area contributed by atoms with E-state index >= 15 is 0 Å². The van der Waals surface area contributed by atoms with Crippen LogP contribution in [0.5, 0.6) is 17.2 Å². The zero-order valence-electron chi connectivity index (χ0n) is 19.3. The standard InChI is InChI=1S/C25H30ClNO6/c1-5-7-10-32-21-9-8-18(14-22(21)31-6-2)13-20(25(29)30)27-23(28)15-33-19-11-16(3)24(26)17(4)12-19/h8-9,11-14H,5-7,10,15H2,1-4H3,(H,27,28)(H,29,30)/p-1/b20-13+. The van der Waals surface area contributed by atoms with E-state index in [1.54, 1.807) is 30.3 Å². The Bertz CT molecular complexity index is 995. The fourth-order valence-electron chi connectivity index (χ4n) is 2.97. The Morgan fingerprint density at radius 2 is 1.73 bits per heavy atom. The monoisotopic (exact) mass is 474 g/mol. The Morgan fingerprint density at radius 3 is 2.33 bits per heavy atom. The van der Waals surface area contributed by atoms with Gasteiger partial charge in [0.15, 0.2) is 18.1 Å². The SMILES string of the molecule is CCCCOc1ccc(/C=C(/NC(=O)COc2cc(C)c(Cl)c(C)c2)C(=O)[O-])cc1OCC. The lowest BCUT2D eigenvalue weighted by Gasteiger charge is -2.14. The molecule has 0 saturated carbocycles. The fourth-order valence-corrected chi connectivity index (χ4v) is 3.07. The Balaban J connectivity index is 2.12. The van der Waals surface area contributed by atoms with Gasteiger partial charge in [-0.1, -0.05) is 31.0 Å². The van der Waals surface area contributed by atoms with Gasteiger partial charge in [0.05, 0.1) is 24.9 Å².